The monoisotopic (exact) mass is 415 g/mol. The molecular weight excluding hydrogens is 398 g/mol. The zero-order chi connectivity index (χ0) is 19.9. The van der Waals surface area contributed by atoms with Crippen LogP contribution < -0.4 is 15.6 Å². The minimum absolute atomic E-state index is 0.133. The zero-order valence-corrected chi connectivity index (χ0v) is 16.6. The van der Waals surface area contributed by atoms with Gasteiger partial charge in [0.05, 0.1) is 17.1 Å². The Bertz CT molecular complexity index is 973. The Morgan fingerprint density at radius 1 is 1.14 bits per heavy atom. The number of hydrogen-bond acceptors (Lipinski definition) is 5. The first-order valence-corrected chi connectivity index (χ1v) is 9.73. The highest BCUT2D eigenvalue weighted by Gasteiger charge is 2.09. The van der Waals surface area contributed by atoms with Crippen LogP contribution >= 0.6 is 22.9 Å². The van der Waals surface area contributed by atoms with Crippen LogP contribution in [0.15, 0.2) is 53.9 Å². The van der Waals surface area contributed by atoms with E-state index in [2.05, 4.69) is 15.8 Å². The maximum atomic E-state index is 12.3. The summed E-state index contributed by atoms with van der Waals surface area (Å²) >= 11 is 7.38. The maximum Gasteiger partial charge on any atom is 0.269 e. The number of nitrogens with zero attached hydrogens (tertiary/aromatic N) is 1. The molecule has 0 saturated carbocycles. The number of carbonyl (C=O) groups is 2. The topological polar surface area (TPSA) is 80.3 Å². The molecule has 0 spiro atoms. The summed E-state index contributed by atoms with van der Waals surface area (Å²) in [7, 11) is 0. The minimum Gasteiger partial charge on any atom is -0.487 e. The Labute approximate surface area is 171 Å². The molecule has 2 amide bonds. The second-order valence-electron chi connectivity index (χ2n) is 5.98. The second-order valence-corrected chi connectivity index (χ2v) is 7.48. The number of benzene rings is 2. The van der Waals surface area contributed by atoms with E-state index in [1.54, 1.807) is 59.9 Å². The number of thiazole rings is 1. The number of hydrogen-bond donors (Lipinski definition) is 2. The quantitative estimate of drug-likeness (QED) is 0.602. The average molecular weight is 416 g/mol. The molecule has 0 aliphatic carbocycles. The Morgan fingerprint density at radius 3 is 2.64 bits per heavy atom. The molecule has 0 aliphatic rings. The first-order chi connectivity index (χ1) is 13.5. The highest BCUT2D eigenvalue weighted by Crippen LogP contribution is 2.16. The Morgan fingerprint density at radius 2 is 1.93 bits per heavy atom. The maximum absolute atomic E-state index is 12.3. The van der Waals surface area contributed by atoms with Gasteiger partial charge in [-0.25, -0.2) is 4.98 Å². The number of carbonyl (C=O) groups excluding carboxylic acids is 2. The molecule has 0 radical (unpaired) electrons. The molecule has 2 aromatic carbocycles. The largest absolute Gasteiger partial charge is 0.487 e. The van der Waals surface area contributed by atoms with Crippen LogP contribution in [0.25, 0.3) is 0 Å². The first kappa shape index (κ1) is 19.9. The van der Waals surface area contributed by atoms with Crippen molar-refractivity contribution in [3.63, 3.8) is 0 Å². The highest BCUT2D eigenvalue weighted by atomic mass is 35.5. The van der Waals surface area contributed by atoms with Crippen LogP contribution in [0.3, 0.4) is 0 Å². The van der Waals surface area contributed by atoms with Gasteiger partial charge in [-0.1, -0.05) is 29.8 Å². The molecule has 0 bridgehead atoms. The van der Waals surface area contributed by atoms with Crippen LogP contribution in [-0.2, 0) is 17.8 Å². The number of halogens is 1. The minimum atomic E-state index is -0.431. The van der Waals surface area contributed by atoms with Gasteiger partial charge < -0.3 is 4.74 Å². The summed E-state index contributed by atoms with van der Waals surface area (Å²) in [4.78, 5) is 28.6. The van der Waals surface area contributed by atoms with E-state index in [9.17, 15) is 9.59 Å². The number of aryl methyl sites for hydroxylation is 1. The highest BCUT2D eigenvalue weighted by molar-refractivity contribution is 7.09. The van der Waals surface area contributed by atoms with Gasteiger partial charge in [-0.3, -0.25) is 20.4 Å². The van der Waals surface area contributed by atoms with E-state index in [0.717, 1.165) is 16.3 Å². The van der Waals surface area contributed by atoms with Crippen molar-refractivity contribution in [2.45, 2.75) is 20.0 Å². The van der Waals surface area contributed by atoms with Gasteiger partial charge in [-0.2, -0.15) is 0 Å². The van der Waals surface area contributed by atoms with Crippen molar-refractivity contribution < 1.29 is 14.3 Å². The number of aromatic nitrogens is 1. The molecule has 8 heteroatoms. The number of hydrazine groups is 1. The molecule has 0 unspecified atom stereocenters. The molecule has 0 saturated heterocycles. The molecule has 2 N–H and O–H groups in total. The molecule has 0 atom stereocenters. The number of nitrogens with one attached hydrogen (secondary N) is 2. The van der Waals surface area contributed by atoms with Crippen molar-refractivity contribution in [1.82, 2.24) is 15.8 Å². The van der Waals surface area contributed by atoms with Gasteiger partial charge in [0.25, 0.3) is 5.91 Å². The molecular formula is C20H18ClN3O3S. The summed E-state index contributed by atoms with van der Waals surface area (Å²) in [5.74, 6) is -0.216. The molecule has 1 heterocycles. The lowest BCUT2D eigenvalue weighted by molar-refractivity contribution is -0.121. The molecule has 0 fully saturated rings. The summed E-state index contributed by atoms with van der Waals surface area (Å²) in [5.41, 5.74) is 6.82. The standard InChI is InChI=1S/C20H18ClN3O3S/c1-13-22-17(12-28-13)11-27-18-4-2-3-15(10-18)20(26)24-23-19(25)9-14-5-7-16(21)8-6-14/h2-8,10,12H,9,11H2,1H3,(H,23,25)(H,24,26). The Kier molecular flexibility index (Phi) is 6.62. The average Bonchev–Trinajstić information content (AvgIpc) is 3.12. The van der Waals surface area contributed by atoms with Crippen LogP contribution in [-0.4, -0.2) is 16.8 Å². The summed E-state index contributed by atoms with van der Waals surface area (Å²) in [6.45, 7) is 2.26. The first-order valence-electron chi connectivity index (χ1n) is 8.47. The van der Waals surface area contributed by atoms with Gasteiger partial charge in [0.1, 0.15) is 12.4 Å². The van der Waals surface area contributed by atoms with Gasteiger partial charge in [0, 0.05) is 16.0 Å². The van der Waals surface area contributed by atoms with Crippen LogP contribution in [0, 0.1) is 6.92 Å². The van der Waals surface area contributed by atoms with E-state index in [0.29, 0.717) is 22.9 Å². The van der Waals surface area contributed by atoms with E-state index in [1.807, 2.05) is 12.3 Å². The van der Waals surface area contributed by atoms with E-state index in [1.165, 1.54) is 0 Å². The molecule has 144 valence electrons. The lowest BCUT2D eigenvalue weighted by atomic mass is 10.1. The fourth-order valence-corrected chi connectivity index (χ4v) is 3.11. The summed E-state index contributed by atoms with van der Waals surface area (Å²) in [6, 6.07) is 13.7. The lowest BCUT2D eigenvalue weighted by Crippen LogP contribution is -2.42. The Balaban J connectivity index is 1.50. The lowest BCUT2D eigenvalue weighted by Gasteiger charge is -2.09. The van der Waals surface area contributed by atoms with Crippen molar-refractivity contribution in [3.8, 4) is 5.75 Å². The zero-order valence-electron chi connectivity index (χ0n) is 15.1. The van der Waals surface area contributed by atoms with Crippen molar-refractivity contribution in [2.24, 2.45) is 0 Å². The number of amides is 2. The molecule has 0 aliphatic heterocycles. The number of ether oxygens (including phenoxy) is 1. The molecule has 1 aromatic heterocycles. The smallest absolute Gasteiger partial charge is 0.269 e. The van der Waals surface area contributed by atoms with Crippen LogP contribution in [0.1, 0.15) is 26.6 Å². The fourth-order valence-electron chi connectivity index (χ4n) is 2.39. The van der Waals surface area contributed by atoms with E-state index < -0.39 is 5.91 Å². The SMILES string of the molecule is Cc1nc(COc2cccc(C(=O)NNC(=O)Cc3ccc(Cl)cc3)c2)cs1. The summed E-state index contributed by atoms with van der Waals surface area (Å²) < 4.78 is 5.68. The summed E-state index contributed by atoms with van der Waals surface area (Å²) in [5, 5.41) is 3.51. The predicted octanol–water partition coefficient (Wildman–Crippen LogP) is 3.69. The van der Waals surface area contributed by atoms with E-state index >= 15 is 0 Å². The third-order valence-corrected chi connectivity index (χ3v) is 4.82. The normalized spacial score (nSPS) is 10.4. The van der Waals surface area contributed by atoms with Crippen molar-refractivity contribution in [1.29, 1.82) is 0 Å². The van der Waals surface area contributed by atoms with Gasteiger partial charge in [-0.15, -0.1) is 11.3 Å². The fraction of sp³-hybridized carbons (Fsp3) is 0.150. The van der Waals surface area contributed by atoms with E-state index in [4.69, 9.17) is 16.3 Å². The summed E-state index contributed by atoms with van der Waals surface area (Å²) in [6.07, 6.45) is 0.133. The van der Waals surface area contributed by atoms with Gasteiger partial charge in [0.15, 0.2) is 0 Å². The third kappa shape index (κ3) is 5.80. The van der Waals surface area contributed by atoms with Gasteiger partial charge in [0.2, 0.25) is 5.91 Å². The van der Waals surface area contributed by atoms with Crippen molar-refractivity contribution in [2.75, 3.05) is 0 Å². The Hall–Kier alpha value is -2.90. The van der Waals surface area contributed by atoms with Crippen molar-refractivity contribution >= 4 is 34.8 Å². The molecule has 3 rings (SSSR count). The predicted molar refractivity (Wildman–Crippen MR) is 108 cm³/mol. The number of rotatable bonds is 6. The van der Waals surface area contributed by atoms with Gasteiger partial charge in [-0.05, 0) is 42.8 Å². The molecule has 28 heavy (non-hydrogen) atoms. The van der Waals surface area contributed by atoms with Crippen LogP contribution in [0.4, 0.5) is 0 Å². The van der Waals surface area contributed by atoms with Crippen molar-refractivity contribution in [3.05, 3.63) is 80.8 Å². The molecule has 3 aromatic rings. The van der Waals surface area contributed by atoms with Gasteiger partial charge >= 0.3 is 0 Å². The second kappa shape index (κ2) is 9.34. The molecule has 6 nitrogen and oxygen atoms in total. The third-order valence-electron chi connectivity index (χ3n) is 3.74. The van der Waals surface area contributed by atoms with Crippen LogP contribution in [0.5, 0.6) is 5.75 Å². The van der Waals surface area contributed by atoms with E-state index in [-0.39, 0.29) is 12.3 Å². The van der Waals surface area contributed by atoms with Crippen LogP contribution in [0.2, 0.25) is 5.02 Å².